The number of aliphatic hydroxyl groups is 1. The summed E-state index contributed by atoms with van der Waals surface area (Å²) in [5, 5.41) is 26.3. The number of aromatic nitrogens is 2. The minimum absolute atomic E-state index is 0.0633. The summed E-state index contributed by atoms with van der Waals surface area (Å²) in [5.41, 5.74) is 5.25. The molecule has 0 radical (unpaired) electrons. The molecule has 4 N–H and O–H groups in total. The Morgan fingerprint density at radius 3 is 2.46 bits per heavy atom. The van der Waals surface area contributed by atoms with Crippen LogP contribution in [0.15, 0.2) is 114 Å². The third kappa shape index (κ3) is 8.68. The number of nitrogens with one attached hydrogen (secondary N) is 3. The number of benzene rings is 4. The Morgan fingerprint density at radius 1 is 0.951 bits per heavy atom. The molecule has 314 valence electrons. The maximum absolute atomic E-state index is 13.9. The van der Waals surface area contributed by atoms with E-state index in [4.69, 9.17) is 4.74 Å². The summed E-state index contributed by atoms with van der Waals surface area (Å²) in [5.74, 6) is 0.319. The van der Waals surface area contributed by atoms with Gasteiger partial charge in [0.1, 0.15) is 22.8 Å². The Balaban J connectivity index is 0.966. The highest BCUT2D eigenvalue weighted by Gasteiger charge is 2.33. The van der Waals surface area contributed by atoms with Crippen LogP contribution in [0.1, 0.15) is 91.7 Å². The van der Waals surface area contributed by atoms with E-state index in [1.165, 1.54) is 48.4 Å². The van der Waals surface area contributed by atoms with Crippen molar-refractivity contribution in [3.8, 4) is 22.6 Å². The summed E-state index contributed by atoms with van der Waals surface area (Å²) >= 11 is 0. The average molecular weight is 841 g/mol. The molecule has 3 aliphatic rings. The molecule has 1 amide bonds. The molecule has 0 spiro atoms. The minimum atomic E-state index is -4.58. The van der Waals surface area contributed by atoms with Gasteiger partial charge in [-0.1, -0.05) is 42.5 Å². The number of hydrogen-bond acceptors (Lipinski definition) is 10. The standard InChI is InChI=1S/C47H48N6O7S/c1-47(55)21-18-30(19-22-47)28-49-41-17-15-37(27-43(41)53(56)57)61(58,59)51-46(54)40-16-12-33(26-44(40)60-36-25-34-20-23-48-45(34)50-29-36)31-10-13-35(14-11-31)52-24-4-7-42(52)39-6-3-2-5-38(39)32-8-9-32/h2-3,5-6,10-17,20,23,25-27,29-30,32,42,49,55H,4,7-9,18-19,21-22,24,28H2,1H3,(H,48,50)(H,51,54)/t30-,42-,47-/m1/s1. The van der Waals surface area contributed by atoms with Gasteiger partial charge in [0.2, 0.25) is 0 Å². The third-order valence-electron chi connectivity index (χ3n) is 12.5. The van der Waals surface area contributed by atoms with Crippen LogP contribution in [-0.4, -0.2) is 53.0 Å². The number of carbonyl (C=O) groups excluding carboxylic acids is 1. The van der Waals surface area contributed by atoms with E-state index in [0.717, 1.165) is 60.5 Å². The van der Waals surface area contributed by atoms with E-state index in [1.54, 1.807) is 24.4 Å². The molecule has 0 bridgehead atoms. The first-order valence-electron chi connectivity index (χ1n) is 20.9. The lowest BCUT2D eigenvalue weighted by Gasteiger charge is -2.33. The summed E-state index contributed by atoms with van der Waals surface area (Å²) in [6.45, 7) is 3.21. The van der Waals surface area contributed by atoms with E-state index >= 15 is 0 Å². The summed E-state index contributed by atoms with van der Waals surface area (Å²) in [6.07, 6.45) is 10.8. The zero-order valence-electron chi connectivity index (χ0n) is 33.8. The van der Waals surface area contributed by atoms with Crippen LogP contribution in [-0.2, 0) is 10.0 Å². The summed E-state index contributed by atoms with van der Waals surface area (Å²) < 4.78 is 35.8. The molecule has 6 aromatic rings. The number of aromatic amines is 1. The maximum atomic E-state index is 13.9. The smallest absolute Gasteiger partial charge is 0.293 e. The largest absolute Gasteiger partial charge is 0.455 e. The molecule has 13 nitrogen and oxygen atoms in total. The fourth-order valence-electron chi connectivity index (χ4n) is 8.87. The highest BCUT2D eigenvalue weighted by atomic mass is 32.2. The van der Waals surface area contributed by atoms with E-state index in [1.807, 2.05) is 25.1 Å². The van der Waals surface area contributed by atoms with Crippen molar-refractivity contribution in [2.45, 2.75) is 80.7 Å². The van der Waals surface area contributed by atoms with Gasteiger partial charge in [-0.3, -0.25) is 14.9 Å². The summed E-state index contributed by atoms with van der Waals surface area (Å²) in [4.78, 5) is 34.9. The van der Waals surface area contributed by atoms with Gasteiger partial charge >= 0.3 is 0 Å². The maximum Gasteiger partial charge on any atom is 0.293 e. The van der Waals surface area contributed by atoms with Crippen LogP contribution in [0, 0.1) is 16.0 Å². The fourth-order valence-corrected chi connectivity index (χ4v) is 9.86. The van der Waals surface area contributed by atoms with Gasteiger partial charge in [0.15, 0.2) is 0 Å². The van der Waals surface area contributed by atoms with Gasteiger partial charge in [-0.15, -0.1) is 0 Å². The molecule has 1 aliphatic heterocycles. The SMILES string of the molecule is C[C@]1(O)CC[C@H](CNc2ccc(S(=O)(=O)NC(=O)c3ccc(-c4ccc(N5CCC[C@@H]5c5ccccc5C5CC5)cc4)cc3Oc3cnc4[nH]ccc4c3)cc2[N+](=O)[O-])CC1. The predicted molar refractivity (Wildman–Crippen MR) is 235 cm³/mol. The van der Waals surface area contributed by atoms with Crippen LogP contribution in [0.5, 0.6) is 11.5 Å². The van der Waals surface area contributed by atoms with E-state index in [0.29, 0.717) is 42.7 Å². The van der Waals surface area contributed by atoms with Gasteiger partial charge in [0.05, 0.1) is 33.2 Å². The van der Waals surface area contributed by atoms with Crippen molar-refractivity contribution < 1.29 is 28.0 Å². The quantitative estimate of drug-likeness (QED) is 0.0646. The Kier molecular flexibility index (Phi) is 10.7. The van der Waals surface area contributed by atoms with E-state index in [2.05, 4.69) is 61.3 Å². The highest BCUT2D eigenvalue weighted by molar-refractivity contribution is 7.90. The third-order valence-corrected chi connectivity index (χ3v) is 13.8. The number of ether oxygens (including phenoxy) is 1. The van der Waals surface area contributed by atoms with Crippen molar-refractivity contribution >= 4 is 44.0 Å². The topological polar surface area (TPSA) is 180 Å². The zero-order chi connectivity index (χ0) is 42.3. The molecule has 14 heteroatoms. The fraction of sp³-hybridized carbons (Fsp3) is 0.319. The number of hydrogen-bond donors (Lipinski definition) is 4. The van der Waals surface area contributed by atoms with Crippen molar-refractivity contribution in [2.24, 2.45) is 5.92 Å². The monoisotopic (exact) mass is 840 g/mol. The van der Waals surface area contributed by atoms with Crippen LogP contribution >= 0.6 is 0 Å². The number of fused-ring (bicyclic) bond motifs is 1. The van der Waals surface area contributed by atoms with Crippen LogP contribution in [0.4, 0.5) is 17.1 Å². The number of nitro benzene ring substituents is 1. The molecule has 9 rings (SSSR count). The van der Waals surface area contributed by atoms with Gasteiger partial charge in [0, 0.05) is 36.4 Å². The van der Waals surface area contributed by atoms with E-state index in [9.17, 15) is 28.4 Å². The number of nitrogens with zero attached hydrogens (tertiary/aromatic N) is 3. The van der Waals surface area contributed by atoms with Crippen LogP contribution in [0.25, 0.3) is 22.2 Å². The van der Waals surface area contributed by atoms with Crippen molar-refractivity contribution in [2.75, 3.05) is 23.3 Å². The molecular weight excluding hydrogens is 793 g/mol. The highest BCUT2D eigenvalue weighted by Crippen LogP contribution is 2.47. The van der Waals surface area contributed by atoms with Gasteiger partial charge in [-0.05, 0) is 141 Å². The van der Waals surface area contributed by atoms with E-state index in [-0.39, 0.29) is 22.9 Å². The first-order chi connectivity index (χ1) is 29.4. The zero-order valence-corrected chi connectivity index (χ0v) is 34.7. The summed E-state index contributed by atoms with van der Waals surface area (Å²) in [6, 6.07) is 29.5. The molecule has 61 heavy (non-hydrogen) atoms. The summed E-state index contributed by atoms with van der Waals surface area (Å²) in [7, 11) is -4.58. The normalized spacial score (nSPS) is 20.4. The van der Waals surface area contributed by atoms with Crippen molar-refractivity contribution in [1.29, 1.82) is 0 Å². The first-order valence-corrected chi connectivity index (χ1v) is 22.4. The van der Waals surface area contributed by atoms with Crippen LogP contribution < -0.4 is 19.7 Å². The minimum Gasteiger partial charge on any atom is -0.455 e. The Morgan fingerprint density at radius 2 is 1.70 bits per heavy atom. The van der Waals surface area contributed by atoms with Gasteiger partial charge in [0.25, 0.3) is 21.6 Å². The molecule has 1 atom stereocenters. The van der Waals surface area contributed by atoms with Gasteiger partial charge < -0.3 is 25.0 Å². The number of amides is 1. The Hall–Kier alpha value is -6.25. The second-order valence-electron chi connectivity index (χ2n) is 16.9. The molecule has 1 saturated heterocycles. The van der Waals surface area contributed by atoms with Crippen LogP contribution in [0.2, 0.25) is 0 Å². The lowest BCUT2D eigenvalue weighted by Crippen LogP contribution is -2.32. The van der Waals surface area contributed by atoms with Gasteiger partial charge in [-0.2, -0.15) is 0 Å². The molecule has 3 heterocycles. The second kappa shape index (κ2) is 16.3. The predicted octanol–water partition coefficient (Wildman–Crippen LogP) is 9.62. The van der Waals surface area contributed by atoms with E-state index < -0.39 is 37.0 Å². The number of H-pyrrole nitrogens is 1. The lowest BCUT2D eigenvalue weighted by molar-refractivity contribution is -0.384. The molecular formula is C47H48N6O7S. The molecule has 3 fully saturated rings. The number of rotatable bonds is 13. The first kappa shape index (κ1) is 40.2. The Labute approximate surface area is 354 Å². The molecule has 0 unspecified atom stereocenters. The van der Waals surface area contributed by atoms with Crippen LogP contribution in [0.3, 0.4) is 0 Å². The molecule has 2 aliphatic carbocycles. The number of nitro groups is 1. The number of pyridine rings is 1. The number of carbonyl (C=O) groups is 1. The Bertz CT molecular complexity index is 2720. The average Bonchev–Trinajstić information content (AvgIpc) is 3.79. The van der Waals surface area contributed by atoms with Gasteiger partial charge in [-0.25, -0.2) is 18.1 Å². The number of sulfonamides is 1. The second-order valence-corrected chi connectivity index (χ2v) is 18.6. The lowest BCUT2D eigenvalue weighted by atomic mass is 9.80. The number of anilines is 2. The molecule has 2 saturated carbocycles. The van der Waals surface area contributed by atoms with Crippen molar-refractivity contribution in [3.05, 3.63) is 136 Å². The van der Waals surface area contributed by atoms with Crippen molar-refractivity contribution in [3.63, 3.8) is 0 Å². The molecule has 4 aromatic carbocycles. The van der Waals surface area contributed by atoms with Crippen molar-refractivity contribution in [1.82, 2.24) is 14.7 Å². The molecule has 2 aromatic heterocycles.